The Morgan fingerprint density at radius 2 is 2.13 bits per heavy atom. The number of carbonyl (C=O) groups is 1. The number of esters is 1. The van der Waals surface area contributed by atoms with Crippen molar-refractivity contribution in [1.82, 2.24) is 14.8 Å². The number of hydrogen-bond acceptors (Lipinski definition) is 4. The second-order valence-electron chi connectivity index (χ2n) is 4.71. The SMILES string of the molecule is Cc1c(C(=O)Oc2ccc(Cl)cc2Br)cnn1-c1ccccn1. The first-order chi connectivity index (χ1) is 11.1. The quantitative estimate of drug-likeness (QED) is 0.495. The number of rotatable bonds is 3. The van der Waals surface area contributed by atoms with Crippen molar-refractivity contribution in [3.05, 3.63) is 69.5 Å². The third-order valence-electron chi connectivity index (χ3n) is 3.19. The second kappa shape index (κ2) is 6.52. The summed E-state index contributed by atoms with van der Waals surface area (Å²) in [5.41, 5.74) is 1.02. The summed E-state index contributed by atoms with van der Waals surface area (Å²) in [6.45, 7) is 1.79. The largest absolute Gasteiger partial charge is 0.422 e. The van der Waals surface area contributed by atoms with Gasteiger partial charge in [0.1, 0.15) is 11.3 Å². The minimum absolute atomic E-state index is 0.373. The number of aromatic nitrogens is 3. The van der Waals surface area contributed by atoms with Crippen molar-refractivity contribution in [2.45, 2.75) is 6.92 Å². The molecule has 0 radical (unpaired) electrons. The Morgan fingerprint density at radius 3 is 2.83 bits per heavy atom. The van der Waals surface area contributed by atoms with Crippen LogP contribution in [0.5, 0.6) is 5.75 Å². The molecule has 23 heavy (non-hydrogen) atoms. The molecule has 0 atom stereocenters. The maximum atomic E-state index is 12.4. The van der Waals surface area contributed by atoms with E-state index in [1.54, 1.807) is 36.0 Å². The van der Waals surface area contributed by atoms with Crippen LogP contribution in [0.2, 0.25) is 5.02 Å². The molecule has 2 heterocycles. The lowest BCUT2D eigenvalue weighted by Gasteiger charge is -2.07. The van der Waals surface area contributed by atoms with Gasteiger partial charge in [0, 0.05) is 11.2 Å². The molecule has 0 aliphatic heterocycles. The monoisotopic (exact) mass is 391 g/mol. The molecule has 2 aromatic heterocycles. The molecule has 0 aliphatic rings. The molecule has 0 bridgehead atoms. The summed E-state index contributed by atoms with van der Waals surface area (Å²) >= 11 is 9.19. The van der Waals surface area contributed by atoms with Crippen LogP contribution in [-0.4, -0.2) is 20.7 Å². The lowest BCUT2D eigenvalue weighted by molar-refractivity contribution is 0.0733. The molecule has 1 aromatic carbocycles. The number of ether oxygens (including phenoxy) is 1. The molecule has 7 heteroatoms. The van der Waals surface area contributed by atoms with Gasteiger partial charge in [-0.25, -0.2) is 14.5 Å². The number of pyridine rings is 1. The first kappa shape index (κ1) is 15.7. The van der Waals surface area contributed by atoms with Gasteiger partial charge in [0.15, 0.2) is 5.82 Å². The highest BCUT2D eigenvalue weighted by Crippen LogP contribution is 2.29. The van der Waals surface area contributed by atoms with Crippen LogP contribution in [0.4, 0.5) is 0 Å². The number of carbonyl (C=O) groups excluding carboxylic acids is 1. The zero-order chi connectivity index (χ0) is 16.4. The molecule has 3 rings (SSSR count). The molecule has 3 aromatic rings. The Hall–Kier alpha value is -2.18. The van der Waals surface area contributed by atoms with Crippen molar-refractivity contribution in [3.63, 3.8) is 0 Å². The van der Waals surface area contributed by atoms with E-state index in [2.05, 4.69) is 26.0 Å². The second-order valence-corrected chi connectivity index (χ2v) is 6.00. The fourth-order valence-electron chi connectivity index (χ4n) is 2.03. The average molecular weight is 393 g/mol. The van der Waals surface area contributed by atoms with E-state index in [0.29, 0.717) is 32.3 Å². The smallest absolute Gasteiger partial charge is 0.347 e. The first-order valence-electron chi connectivity index (χ1n) is 6.69. The van der Waals surface area contributed by atoms with Gasteiger partial charge in [-0.2, -0.15) is 5.10 Å². The van der Waals surface area contributed by atoms with Gasteiger partial charge >= 0.3 is 5.97 Å². The van der Waals surface area contributed by atoms with Crippen molar-refractivity contribution in [2.24, 2.45) is 0 Å². The van der Waals surface area contributed by atoms with E-state index in [-0.39, 0.29) is 0 Å². The summed E-state index contributed by atoms with van der Waals surface area (Å²) < 4.78 is 7.59. The van der Waals surface area contributed by atoms with Crippen LogP contribution in [0, 0.1) is 6.92 Å². The number of hydrogen-bond donors (Lipinski definition) is 0. The standard InChI is InChI=1S/C16H11BrClN3O2/c1-10-12(9-20-21(10)15-4-2-3-7-19-15)16(22)23-14-6-5-11(18)8-13(14)17/h2-9H,1H3. The Morgan fingerprint density at radius 1 is 1.30 bits per heavy atom. The third kappa shape index (κ3) is 3.28. The molecule has 0 fully saturated rings. The van der Waals surface area contributed by atoms with E-state index in [4.69, 9.17) is 16.3 Å². The molecule has 0 saturated heterocycles. The van der Waals surface area contributed by atoms with E-state index in [1.165, 1.54) is 6.20 Å². The van der Waals surface area contributed by atoms with Crippen LogP contribution in [-0.2, 0) is 0 Å². The highest BCUT2D eigenvalue weighted by Gasteiger charge is 2.18. The highest BCUT2D eigenvalue weighted by atomic mass is 79.9. The highest BCUT2D eigenvalue weighted by molar-refractivity contribution is 9.10. The minimum atomic E-state index is -0.493. The van der Waals surface area contributed by atoms with E-state index >= 15 is 0 Å². The Bertz CT molecular complexity index is 865. The first-order valence-corrected chi connectivity index (χ1v) is 7.86. The van der Waals surface area contributed by atoms with Gasteiger partial charge in [-0.15, -0.1) is 0 Å². The molecule has 0 spiro atoms. The van der Waals surface area contributed by atoms with Crippen molar-refractivity contribution >= 4 is 33.5 Å². The van der Waals surface area contributed by atoms with E-state index in [0.717, 1.165) is 0 Å². The normalized spacial score (nSPS) is 10.6. The Labute approximate surface area is 146 Å². The Kier molecular flexibility index (Phi) is 4.45. The third-order valence-corrected chi connectivity index (χ3v) is 4.05. The summed E-state index contributed by atoms with van der Waals surface area (Å²) in [5.74, 6) is 0.536. The van der Waals surface area contributed by atoms with Crippen LogP contribution in [0.3, 0.4) is 0 Å². The topological polar surface area (TPSA) is 57.0 Å². The van der Waals surface area contributed by atoms with E-state index < -0.39 is 5.97 Å². The summed E-state index contributed by atoms with van der Waals surface area (Å²) in [6, 6.07) is 10.4. The summed E-state index contributed by atoms with van der Waals surface area (Å²) in [6.07, 6.45) is 3.13. The van der Waals surface area contributed by atoms with Crippen LogP contribution < -0.4 is 4.74 Å². The van der Waals surface area contributed by atoms with Gasteiger partial charge in [-0.05, 0) is 53.2 Å². The zero-order valence-electron chi connectivity index (χ0n) is 12.0. The summed E-state index contributed by atoms with van der Waals surface area (Å²) in [5, 5.41) is 4.76. The molecule has 0 N–H and O–H groups in total. The summed E-state index contributed by atoms with van der Waals surface area (Å²) in [4.78, 5) is 16.6. The molecule has 0 amide bonds. The molecular formula is C16H11BrClN3O2. The van der Waals surface area contributed by atoms with Gasteiger partial charge in [-0.1, -0.05) is 17.7 Å². The maximum absolute atomic E-state index is 12.4. The molecule has 0 unspecified atom stereocenters. The van der Waals surface area contributed by atoms with Crippen LogP contribution in [0.25, 0.3) is 5.82 Å². The average Bonchev–Trinajstić information content (AvgIpc) is 2.92. The van der Waals surface area contributed by atoms with Crippen molar-refractivity contribution in [2.75, 3.05) is 0 Å². The fourth-order valence-corrected chi connectivity index (χ4v) is 2.80. The zero-order valence-corrected chi connectivity index (χ0v) is 14.4. The molecule has 0 aliphatic carbocycles. The number of nitrogens with zero attached hydrogens (tertiary/aromatic N) is 3. The summed E-state index contributed by atoms with van der Waals surface area (Å²) in [7, 11) is 0. The molecule has 0 saturated carbocycles. The Balaban J connectivity index is 1.88. The van der Waals surface area contributed by atoms with Gasteiger partial charge in [0.2, 0.25) is 0 Å². The molecule has 5 nitrogen and oxygen atoms in total. The fraction of sp³-hybridized carbons (Fsp3) is 0.0625. The number of benzene rings is 1. The maximum Gasteiger partial charge on any atom is 0.347 e. The van der Waals surface area contributed by atoms with Gasteiger partial charge < -0.3 is 4.74 Å². The van der Waals surface area contributed by atoms with Gasteiger partial charge in [0.25, 0.3) is 0 Å². The minimum Gasteiger partial charge on any atom is -0.422 e. The number of halogens is 2. The van der Waals surface area contributed by atoms with E-state index in [1.807, 2.05) is 18.2 Å². The lowest BCUT2D eigenvalue weighted by Crippen LogP contribution is -2.10. The van der Waals surface area contributed by atoms with Gasteiger partial charge in [-0.3, -0.25) is 0 Å². The van der Waals surface area contributed by atoms with Crippen LogP contribution in [0.15, 0.2) is 53.3 Å². The van der Waals surface area contributed by atoms with Crippen molar-refractivity contribution < 1.29 is 9.53 Å². The van der Waals surface area contributed by atoms with Crippen molar-refractivity contribution in [3.8, 4) is 11.6 Å². The molecular weight excluding hydrogens is 382 g/mol. The molecule has 116 valence electrons. The van der Waals surface area contributed by atoms with E-state index in [9.17, 15) is 4.79 Å². The predicted octanol–water partition coefficient (Wildman–Crippen LogP) is 4.21. The lowest BCUT2D eigenvalue weighted by atomic mass is 10.2. The predicted molar refractivity (Wildman–Crippen MR) is 90.2 cm³/mol. The van der Waals surface area contributed by atoms with Gasteiger partial charge in [0.05, 0.1) is 16.4 Å². The van der Waals surface area contributed by atoms with Crippen LogP contribution >= 0.6 is 27.5 Å². The van der Waals surface area contributed by atoms with Crippen molar-refractivity contribution in [1.29, 1.82) is 0 Å². The van der Waals surface area contributed by atoms with Crippen LogP contribution in [0.1, 0.15) is 16.1 Å².